The van der Waals surface area contributed by atoms with Crippen molar-refractivity contribution in [3.63, 3.8) is 0 Å². The number of likely N-dealkylation sites (tertiary alicyclic amines) is 1. The predicted molar refractivity (Wildman–Crippen MR) is 88.4 cm³/mol. The van der Waals surface area contributed by atoms with Gasteiger partial charge in [-0.15, -0.1) is 5.10 Å². The molecule has 1 fully saturated rings. The third-order valence-corrected chi connectivity index (χ3v) is 4.52. The molecule has 1 unspecified atom stereocenters. The summed E-state index contributed by atoms with van der Waals surface area (Å²) in [6.07, 6.45) is 4.38. The number of hydrogen-bond donors (Lipinski definition) is 1. The van der Waals surface area contributed by atoms with Crippen LogP contribution in [0.15, 0.2) is 36.7 Å². The second-order valence-corrected chi connectivity index (χ2v) is 6.25. The molecule has 0 bridgehead atoms. The van der Waals surface area contributed by atoms with Crippen LogP contribution in [0.1, 0.15) is 23.2 Å². The summed E-state index contributed by atoms with van der Waals surface area (Å²) in [6.45, 7) is 0.763. The maximum atomic E-state index is 12.9. The first-order valence-electron chi connectivity index (χ1n) is 8.04. The summed E-state index contributed by atoms with van der Waals surface area (Å²) in [6, 6.07) is 7.04. The fraction of sp³-hybridized carbons (Fsp3) is 0.412. The van der Waals surface area contributed by atoms with Gasteiger partial charge in [-0.25, -0.2) is 4.68 Å². The number of carboxylic acids is 1. The Labute approximate surface area is 145 Å². The molecule has 2 heterocycles. The fourth-order valence-corrected chi connectivity index (χ4v) is 3.25. The number of aliphatic carboxylic acids is 1. The molecule has 0 spiro atoms. The molecule has 1 N–H and O–H groups in total. The summed E-state index contributed by atoms with van der Waals surface area (Å²) in [4.78, 5) is 26.2. The number of nitrogens with zero attached hydrogens (tertiary/aromatic N) is 4. The maximum absolute atomic E-state index is 12.9. The minimum Gasteiger partial charge on any atom is -0.481 e. The van der Waals surface area contributed by atoms with Crippen molar-refractivity contribution < 1.29 is 19.4 Å². The standard InChI is InChI=1S/C17H20N4O4/c1-25-12-17(16(23)24)6-3-8-20(11-17)15(22)13-4-2-5-14(10-13)21-9-7-18-19-21/h2,4-5,7,9-10H,3,6,8,11-12H2,1H3,(H,23,24). The van der Waals surface area contributed by atoms with E-state index in [0.29, 0.717) is 24.9 Å². The normalized spacial score (nSPS) is 20.4. The Morgan fingerprint density at radius 1 is 1.40 bits per heavy atom. The number of ether oxygens (including phenoxy) is 1. The highest BCUT2D eigenvalue weighted by Gasteiger charge is 2.44. The lowest BCUT2D eigenvalue weighted by atomic mass is 9.80. The molecule has 3 rings (SSSR count). The number of benzene rings is 1. The zero-order valence-corrected chi connectivity index (χ0v) is 14.0. The number of carbonyl (C=O) groups excluding carboxylic acids is 1. The van der Waals surface area contributed by atoms with Gasteiger partial charge in [-0.05, 0) is 31.0 Å². The monoisotopic (exact) mass is 344 g/mol. The molecule has 0 radical (unpaired) electrons. The highest BCUT2D eigenvalue weighted by atomic mass is 16.5. The second-order valence-electron chi connectivity index (χ2n) is 6.25. The number of aromatic nitrogens is 3. The van der Waals surface area contributed by atoms with E-state index in [-0.39, 0.29) is 19.1 Å². The molecule has 1 amide bonds. The molecule has 0 aliphatic carbocycles. The molecule has 1 saturated heterocycles. The smallest absolute Gasteiger partial charge is 0.313 e. The van der Waals surface area contributed by atoms with Crippen molar-refractivity contribution in [2.24, 2.45) is 5.41 Å². The van der Waals surface area contributed by atoms with E-state index in [2.05, 4.69) is 10.3 Å². The van der Waals surface area contributed by atoms with Gasteiger partial charge in [0.05, 0.1) is 24.7 Å². The molecular weight excluding hydrogens is 324 g/mol. The number of carbonyl (C=O) groups is 2. The predicted octanol–water partition coefficient (Wildman–Crippen LogP) is 1.22. The minimum absolute atomic E-state index is 0.0884. The Morgan fingerprint density at radius 2 is 2.24 bits per heavy atom. The quantitative estimate of drug-likeness (QED) is 0.876. The zero-order chi connectivity index (χ0) is 17.9. The summed E-state index contributed by atoms with van der Waals surface area (Å²) in [5.74, 6) is -1.12. The van der Waals surface area contributed by atoms with Crippen molar-refractivity contribution in [1.82, 2.24) is 19.9 Å². The summed E-state index contributed by atoms with van der Waals surface area (Å²) in [5, 5.41) is 17.3. The zero-order valence-electron chi connectivity index (χ0n) is 14.0. The van der Waals surface area contributed by atoms with Gasteiger partial charge in [0, 0.05) is 25.8 Å². The number of hydrogen-bond acceptors (Lipinski definition) is 5. The molecule has 1 aliphatic heterocycles. The SMILES string of the molecule is COCC1(C(=O)O)CCCN(C(=O)c2cccc(-n3ccnn3)c2)C1. The molecule has 132 valence electrons. The van der Waals surface area contributed by atoms with E-state index < -0.39 is 11.4 Å². The van der Waals surface area contributed by atoms with Gasteiger partial charge in [-0.1, -0.05) is 11.3 Å². The number of amides is 1. The average molecular weight is 344 g/mol. The summed E-state index contributed by atoms with van der Waals surface area (Å²) in [5.41, 5.74) is 0.167. The van der Waals surface area contributed by atoms with Crippen LogP contribution in [-0.4, -0.2) is 63.7 Å². The van der Waals surface area contributed by atoms with Crippen molar-refractivity contribution in [1.29, 1.82) is 0 Å². The number of piperidine rings is 1. The Kier molecular flexibility index (Phi) is 4.80. The van der Waals surface area contributed by atoms with E-state index in [0.717, 1.165) is 5.69 Å². The lowest BCUT2D eigenvalue weighted by Crippen LogP contribution is -2.52. The number of methoxy groups -OCH3 is 1. The van der Waals surface area contributed by atoms with Crippen LogP contribution in [0.25, 0.3) is 5.69 Å². The van der Waals surface area contributed by atoms with Gasteiger partial charge in [-0.3, -0.25) is 9.59 Å². The van der Waals surface area contributed by atoms with E-state index >= 15 is 0 Å². The lowest BCUT2D eigenvalue weighted by molar-refractivity contribution is -0.155. The van der Waals surface area contributed by atoms with Crippen LogP contribution in [0, 0.1) is 5.41 Å². The van der Waals surface area contributed by atoms with Crippen LogP contribution in [0.2, 0.25) is 0 Å². The maximum Gasteiger partial charge on any atom is 0.313 e. The third-order valence-electron chi connectivity index (χ3n) is 4.52. The first kappa shape index (κ1) is 17.1. The Balaban J connectivity index is 1.83. The number of rotatable bonds is 5. The highest BCUT2D eigenvalue weighted by molar-refractivity contribution is 5.95. The first-order valence-corrected chi connectivity index (χ1v) is 8.04. The molecule has 8 heteroatoms. The topological polar surface area (TPSA) is 97.6 Å². The van der Waals surface area contributed by atoms with E-state index in [1.807, 2.05) is 6.07 Å². The average Bonchev–Trinajstić information content (AvgIpc) is 3.16. The Bertz CT molecular complexity index is 758. The van der Waals surface area contributed by atoms with Gasteiger partial charge in [0.2, 0.25) is 0 Å². The Hall–Kier alpha value is -2.74. The second kappa shape index (κ2) is 7.02. The number of carboxylic acid groups (broad SMARTS) is 1. The van der Waals surface area contributed by atoms with Gasteiger partial charge >= 0.3 is 5.97 Å². The first-order chi connectivity index (χ1) is 12.1. The van der Waals surface area contributed by atoms with E-state index in [4.69, 9.17) is 4.74 Å². The Morgan fingerprint density at radius 3 is 2.92 bits per heavy atom. The van der Waals surface area contributed by atoms with Gasteiger partial charge in [0.15, 0.2) is 0 Å². The minimum atomic E-state index is -1.05. The molecule has 1 aliphatic rings. The van der Waals surface area contributed by atoms with Crippen molar-refractivity contribution in [3.05, 3.63) is 42.2 Å². The molecule has 2 aromatic rings. The molecule has 25 heavy (non-hydrogen) atoms. The van der Waals surface area contributed by atoms with Gasteiger partial charge in [-0.2, -0.15) is 0 Å². The highest BCUT2D eigenvalue weighted by Crippen LogP contribution is 2.31. The molecule has 0 saturated carbocycles. The fourth-order valence-electron chi connectivity index (χ4n) is 3.25. The van der Waals surface area contributed by atoms with Crippen LogP contribution >= 0.6 is 0 Å². The van der Waals surface area contributed by atoms with Crippen molar-refractivity contribution in [2.45, 2.75) is 12.8 Å². The van der Waals surface area contributed by atoms with E-state index in [9.17, 15) is 14.7 Å². The summed E-state index contributed by atoms with van der Waals surface area (Å²) < 4.78 is 6.68. The molecule has 1 atom stereocenters. The van der Waals surface area contributed by atoms with Crippen LogP contribution in [-0.2, 0) is 9.53 Å². The van der Waals surface area contributed by atoms with Crippen LogP contribution < -0.4 is 0 Å². The molecule has 1 aromatic carbocycles. The van der Waals surface area contributed by atoms with Crippen molar-refractivity contribution >= 4 is 11.9 Å². The molecule has 1 aromatic heterocycles. The lowest BCUT2D eigenvalue weighted by Gasteiger charge is -2.39. The summed E-state index contributed by atoms with van der Waals surface area (Å²) in [7, 11) is 1.48. The van der Waals surface area contributed by atoms with Crippen molar-refractivity contribution in [2.75, 3.05) is 26.8 Å². The van der Waals surface area contributed by atoms with Crippen LogP contribution in [0.5, 0.6) is 0 Å². The van der Waals surface area contributed by atoms with Gasteiger partial charge in [0.25, 0.3) is 5.91 Å². The van der Waals surface area contributed by atoms with E-state index in [1.54, 1.807) is 40.2 Å². The third kappa shape index (κ3) is 3.39. The van der Waals surface area contributed by atoms with Crippen LogP contribution in [0.3, 0.4) is 0 Å². The molecule has 8 nitrogen and oxygen atoms in total. The van der Waals surface area contributed by atoms with Gasteiger partial charge < -0.3 is 14.7 Å². The van der Waals surface area contributed by atoms with Gasteiger partial charge in [0.1, 0.15) is 5.41 Å². The molecular formula is C17H20N4O4. The largest absolute Gasteiger partial charge is 0.481 e. The van der Waals surface area contributed by atoms with Crippen molar-refractivity contribution in [3.8, 4) is 5.69 Å². The van der Waals surface area contributed by atoms with Crippen LogP contribution in [0.4, 0.5) is 0 Å². The summed E-state index contributed by atoms with van der Waals surface area (Å²) >= 11 is 0. The van der Waals surface area contributed by atoms with E-state index in [1.165, 1.54) is 7.11 Å².